The highest BCUT2D eigenvalue weighted by Crippen LogP contribution is 2.17. The normalized spacial score (nSPS) is 18.3. The van der Waals surface area contributed by atoms with Crippen molar-refractivity contribution < 1.29 is 19.0 Å². The highest BCUT2D eigenvalue weighted by molar-refractivity contribution is 5.72. The van der Waals surface area contributed by atoms with Crippen LogP contribution in [-0.4, -0.2) is 32.4 Å². The average molecular weight is 264 g/mol. The van der Waals surface area contributed by atoms with E-state index in [0.717, 1.165) is 30.9 Å². The van der Waals surface area contributed by atoms with Gasteiger partial charge in [-0.05, 0) is 31.0 Å². The Morgan fingerprint density at radius 1 is 1.37 bits per heavy atom. The molecule has 0 radical (unpaired) electrons. The van der Waals surface area contributed by atoms with Gasteiger partial charge < -0.3 is 14.2 Å². The van der Waals surface area contributed by atoms with E-state index in [-0.39, 0.29) is 5.97 Å². The predicted molar refractivity (Wildman–Crippen MR) is 71.2 cm³/mol. The quantitative estimate of drug-likeness (QED) is 0.739. The van der Waals surface area contributed by atoms with E-state index in [4.69, 9.17) is 14.2 Å². The third kappa shape index (κ3) is 4.56. The molecular weight excluding hydrogens is 244 g/mol. The van der Waals surface area contributed by atoms with Gasteiger partial charge in [0.05, 0.1) is 26.2 Å². The summed E-state index contributed by atoms with van der Waals surface area (Å²) in [5.74, 6) is 1.14. The Hall–Kier alpha value is -1.55. The number of hydrogen-bond donors (Lipinski definition) is 0. The molecule has 19 heavy (non-hydrogen) atoms. The van der Waals surface area contributed by atoms with Crippen LogP contribution in [0.2, 0.25) is 0 Å². The lowest BCUT2D eigenvalue weighted by atomic mass is 10.1. The van der Waals surface area contributed by atoms with Crippen LogP contribution in [0.3, 0.4) is 0 Å². The summed E-state index contributed by atoms with van der Waals surface area (Å²) in [6.07, 6.45) is 1.38. The lowest BCUT2D eigenvalue weighted by molar-refractivity contribution is -0.142. The maximum absolute atomic E-state index is 11.3. The first-order valence-electron chi connectivity index (χ1n) is 6.73. The minimum Gasteiger partial charge on any atom is -0.493 e. The van der Waals surface area contributed by atoms with E-state index in [1.165, 1.54) is 0 Å². The minimum absolute atomic E-state index is 0.195. The lowest BCUT2D eigenvalue weighted by Gasteiger charge is -2.10. The van der Waals surface area contributed by atoms with Gasteiger partial charge in [-0.2, -0.15) is 0 Å². The maximum Gasteiger partial charge on any atom is 0.310 e. The molecule has 1 fully saturated rings. The molecule has 1 heterocycles. The van der Waals surface area contributed by atoms with Crippen LogP contribution in [0.4, 0.5) is 0 Å². The first-order chi connectivity index (χ1) is 9.28. The third-order valence-electron chi connectivity index (χ3n) is 3.09. The van der Waals surface area contributed by atoms with Gasteiger partial charge in [0, 0.05) is 12.5 Å². The van der Waals surface area contributed by atoms with Gasteiger partial charge in [-0.1, -0.05) is 12.1 Å². The molecule has 1 aromatic carbocycles. The SMILES string of the molecule is CCOC(=O)Cc1ccc(OCC2CCOC2)cc1. The Morgan fingerprint density at radius 2 is 2.16 bits per heavy atom. The molecule has 1 atom stereocenters. The largest absolute Gasteiger partial charge is 0.493 e. The van der Waals surface area contributed by atoms with Crippen molar-refractivity contribution in [3.8, 4) is 5.75 Å². The Bertz CT molecular complexity index is 393. The molecule has 1 saturated heterocycles. The molecule has 104 valence electrons. The van der Waals surface area contributed by atoms with Crippen LogP contribution in [0.5, 0.6) is 5.75 Å². The van der Waals surface area contributed by atoms with Gasteiger partial charge in [0.2, 0.25) is 0 Å². The van der Waals surface area contributed by atoms with Crippen LogP contribution < -0.4 is 4.74 Å². The second-order valence-corrected chi connectivity index (χ2v) is 4.67. The molecule has 1 unspecified atom stereocenters. The van der Waals surface area contributed by atoms with E-state index in [2.05, 4.69) is 0 Å². The summed E-state index contributed by atoms with van der Waals surface area (Å²) < 4.78 is 15.9. The van der Waals surface area contributed by atoms with Crippen molar-refractivity contribution in [3.05, 3.63) is 29.8 Å². The summed E-state index contributed by atoms with van der Waals surface area (Å²) in [6.45, 7) is 4.55. The summed E-state index contributed by atoms with van der Waals surface area (Å²) >= 11 is 0. The number of esters is 1. The Balaban J connectivity index is 1.78. The van der Waals surface area contributed by atoms with E-state index in [0.29, 0.717) is 25.6 Å². The molecule has 0 saturated carbocycles. The predicted octanol–water partition coefficient (Wildman–Crippen LogP) is 2.21. The second kappa shape index (κ2) is 7.14. The van der Waals surface area contributed by atoms with Gasteiger partial charge in [-0.15, -0.1) is 0 Å². The van der Waals surface area contributed by atoms with Crippen LogP contribution in [0, 0.1) is 5.92 Å². The van der Waals surface area contributed by atoms with Gasteiger partial charge in [0.25, 0.3) is 0 Å². The first kappa shape index (κ1) is 13.9. The number of ether oxygens (including phenoxy) is 3. The molecule has 0 aromatic heterocycles. The zero-order valence-corrected chi connectivity index (χ0v) is 11.3. The van der Waals surface area contributed by atoms with E-state index >= 15 is 0 Å². The summed E-state index contributed by atoms with van der Waals surface area (Å²) in [4.78, 5) is 11.3. The molecule has 0 N–H and O–H groups in total. The first-order valence-corrected chi connectivity index (χ1v) is 6.73. The van der Waals surface area contributed by atoms with Crippen LogP contribution in [0.1, 0.15) is 18.9 Å². The number of carbonyl (C=O) groups is 1. The molecule has 0 amide bonds. The fourth-order valence-corrected chi connectivity index (χ4v) is 2.01. The van der Waals surface area contributed by atoms with E-state index < -0.39 is 0 Å². The fourth-order valence-electron chi connectivity index (χ4n) is 2.01. The Kier molecular flexibility index (Phi) is 5.21. The van der Waals surface area contributed by atoms with Crippen molar-refractivity contribution in [3.63, 3.8) is 0 Å². The smallest absolute Gasteiger partial charge is 0.310 e. The van der Waals surface area contributed by atoms with E-state index in [1.807, 2.05) is 31.2 Å². The fraction of sp³-hybridized carbons (Fsp3) is 0.533. The van der Waals surface area contributed by atoms with Crippen molar-refractivity contribution in [2.45, 2.75) is 19.8 Å². The van der Waals surface area contributed by atoms with Crippen molar-refractivity contribution >= 4 is 5.97 Å². The van der Waals surface area contributed by atoms with Crippen molar-refractivity contribution in [1.82, 2.24) is 0 Å². The molecule has 1 aromatic rings. The molecular formula is C15H20O4. The zero-order chi connectivity index (χ0) is 13.5. The van der Waals surface area contributed by atoms with Crippen LogP contribution in [0.25, 0.3) is 0 Å². The number of carbonyl (C=O) groups excluding carboxylic acids is 1. The van der Waals surface area contributed by atoms with Gasteiger partial charge in [-0.3, -0.25) is 4.79 Å². The van der Waals surface area contributed by atoms with Crippen molar-refractivity contribution in [1.29, 1.82) is 0 Å². The van der Waals surface area contributed by atoms with E-state index in [9.17, 15) is 4.79 Å². The lowest BCUT2D eigenvalue weighted by Crippen LogP contribution is -2.11. The van der Waals surface area contributed by atoms with Gasteiger partial charge in [0.1, 0.15) is 5.75 Å². The van der Waals surface area contributed by atoms with E-state index in [1.54, 1.807) is 0 Å². The minimum atomic E-state index is -0.195. The molecule has 0 bridgehead atoms. The highest BCUT2D eigenvalue weighted by Gasteiger charge is 2.16. The highest BCUT2D eigenvalue weighted by atomic mass is 16.5. The number of hydrogen-bond acceptors (Lipinski definition) is 4. The molecule has 1 aliphatic rings. The molecule has 2 rings (SSSR count). The van der Waals surface area contributed by atoms with Gasteiger partial charge in [0.15, 0.2) is 0 Å². The van der Waals surface area contributed by atoms with Crippen LogP contribution in [-0.2, 0) is 20.7 Å². The summed E-state index contributed by atoms with van der Waals surface area (Å²) in [5, 5.41) is 0. The number of rotatable bonds is 6. The standard InChI is InChI=1S/C15H20O4/c1-2-18-15(16)9-12-3-5-14(6-4-12)19-11-13-7-8-17-10-13/h3-6,13H,2,7-11H2,1H3. The second-order valence-electron chi connectivity index (χ2n) is 4.67. The third-order valence-corrected chi connectivity index (χ3v) is 3.09. The Morgan fingerprint density at radius 3 is 2.79 bits per heavy atom. The van der Waals surface area contributed by atoms with Gasteiger partial charge in [-0.25, -0.2) is 0 Å². The monoisotopic (exact) mass is 264 g/mol. The van der Waals surface area contributed by atoms with Crippen LogP contribution >= 0.6 is 0 Å². The number of benzene rings is 1. The molecule has 4 heteroatoms. The molecule has 1 aliphatic heterocycles. The Labute approximate surface area is 113 Å². The topological polar surface area (TPSA) is 44.8 Å². The summed E-state index contributed by atoms with van der Waals surface area (Å²) in [6, 6.07) is 7.59. The average Bonchev–Trinajstić information content (AvgIpc) is 2.91. The molecule has 4 nitrogen and oxygen atoms in total. The zero-order valence-electron chi connectivity index (χ0n) is 11.3. The van der Waals surface area contributed by atoms with Crippen molar-refractivity contribution in [2.24, 2.45) is 5.92 Å². The summed E-state index contributed by atoms with van der Waals surface area (Å²) in [7, 11) is 0. The summed E-state index contributed by atoms with van der Waals surface area (Å²) in [5.41, 5.74) is 0.940. The molecule has 0 spiro atoms. The van der Waals surface area contributed by atoms with Crippen molar-refractivity contribution in [2.75, 3.05) is 26.4 Å². The maximum atomic E-state index is 11.3. The van der Waals surface area contributed by atoms with Crippen LogP contribution in [0.15, 0.2) is 24.3 Å². The van der Waals surface area contributed by atoms with Gasteiger partial charge >= 0.3 is 5.97 Å². The molecule has 0 aliphatic carbocycles.